The van der Waals surface area contributed by atoms with E-state index in [1.165, 1.54) is 6.07 Å². The van der Waals surface area contributed by atoms with Gasteiger partial charge >= 0.3 is 5.97 Å². The van der Waals surface area contributed by atoms with E-state index in [9.17, 15) is 9.59 Å². The highest BCUT2D eigenvalue weighted by Crippen LogP contribution is 2.13. The van der Waals surface area contributed by atoms with Crippen LogP contribution in [0.4, 0.5) is 0 Å². The van der Waals surface area contributed by atoms with Gasteiger partial charge in [-0.2, -0.15) is 0 Å². The lowest BCUT2D eigenvalue weighted by molar-refractivity contribution is 0.0694. The number of carbonyl (C=O) groups is 1. The fourth-order valence-corrected chi connectivity index (χ4v) is 1.91. The lowest BCUT2D eigenvalue weighted by Crippen LogP contribution is -2.27. The van der Waals surface area contributed by atoms with Gasteiger partial charge in [-0.05, 0) is 25.3 Å². The number of carboxylic acid groups (broad SMARTS) is 1. The Hall–Kier alpha value is -1.58. The average Bonchev–Trinajstić information content (AvgIpc) is 2.22. The van der Waals surface area contributed by atoms with Gasteiger partial charge in [0.05, 0.1) is 5.56 Å². The summed E-state index contributed by atoms with van der Waals surface area (Å²) in [5.74, 6) is -0.617. The highest BCUT2D eigenvalue weighted by molar-refractivity contribution is 5.90. The van der Waals surface area contributed by atoms with Crippen molar-refractivity contribution >= 4 is 5.97 Å². The first-order valence-corrected chi connectivity index (χ1v) is 5.82. The topological polar surface area (TPSA) is 59.3 Å². The zero-order valence-corrected chi connectivity index (χ0v) is 10.8. The molecule has 0 saturated heterocycles. The van der Waals surface area contributed by atoms with Crippen molar-refractivity contribution in [2.75, 3.05) is 0 Å². The Morgan fingerprint density at radius 2 is 2.06 bits per heavy atom. The zero-order valence-electron chi connectivity index (χ0n) is 10.8. The van der Waals surface area contributed by atoms with Gasteiger partial charge in [0.25, 0.3) is 5.56 Å². The maximum atomic E-state index is 11.9. The molecule has 0 bridgehead atoms. The maximum Gasteiger partial charge on any atom is 0.337 e. The number of hydrogen-bond donors (Lipinski definition) is 1. The number of aromatic nitrogens is 1. The zero-order chi connectivity index (χ0) is 13.2. The molecule has 4 nitrogen and oxygen atoms in total. The summed E-state index contributed by atoms with van der Waals surface area (Å²) in [4.78, 5) is 23.0. The molecule has 1 unspecified atom stereocenters. The molecule has 0 aliphatic heterocycles. The molecule has 1 aromatic rings. The second kappa shape index (κ2) is 5.17. The van der Waals surface area contributed by atoms with Crippen molar-refractivity contribution in [1.82, 2.24) is 4.57 Å². The van der Waals surface area contributed by atoms with E-state index < -0.39 is 5.97 Å². The Morgan fingerprint density at radius 1 is 1.47 bits per heavy atom. The molecule has 17 heavy (non-hydrogen) atoms. The summed E-state index contributed by atoms with van der Waals surface area (Å²) in [7, 11) is 0. The predicted molar refractivity (Wildman–Crippen MR) is 66.6 cm³/mol. The standard InChI is InChI=1S/C13H19NO3/c1-5-8(2)7-14-10(4)12(13(16)17)9(3)6-11(14)15/h6,8H,5,7H2,1-4H3,(H,16,17). The smallest absolute Gasteiger partial charge is 0.337 e. The van der Waals surface area contributed by atoms with E-state index in [2.05, 4.69) is 6.92 Å². The highest BCUT2D eigenvalue weighted by Gasteiger charge is 2.16. The fraction of sp³-hybridized carbons (Fsp3) is 0.538. The molecular formula is C13H19NO3. The summed E-state index contributed by atoms with van der Waals surface area (Å²) in [6.45, 7) is 8.02. The van der Waals surface area contributed by atoms with Crippen molar-refractivity contribution in [3.63, 3.8) is 0 Å². The Morgan fingerprint density at radius 3 is 2.53 bits per heavy atom. The van der Waals surface area contributed by atoms with Gasteiger partial charge in [0.15, 0.2) is 0 Å². The number of pyridine rings is 1. The Bertz CT molecular complexity index is 488. The molecule has 1 N–H and O–H groups in total. The largest absolute Gasteiger partial charge is 0.478 e. The minimum atomic E-state index is -0.974. The van der Waals surface area contributed by atoms with Crippen LogP contribution in [-0.2, 0) is 6.54 Å². The number of aromatic carboxylic acids is 1. The van der Waals surface area contributed by atoms with Crippen molar-refractivity contribution in [3.05, 3.63) is 33.2 Å². The van der Waals surface area contributed by atoms with E-state index in [0.29, 0.717) is 23.7 Å². The minimum absolute atomic E-state index is 0.120. The number of aryl methyl sites for hydroxylation is 1. The molecule has 4 heteroatoms. The number of rotatable bonds is 4. The molecule has 1 aromatic heterocycles. The van der Waals surface area contributed by atoms with Crippen LogP contribution >= 0.6 is 0 Å². The van der Waals surface area contributed by atoms with Crippen LogP contribution in [-0.4, -0.2) is 15.6 Å². The van der Waals surface area contributed by atoms with Gasteiger partial charge in [-0.25, -0.2) is 4.79 Å². The monoisotopic (exact) mass is 237 g/mol. The van der Waals surface area contributed by atoms with Gasteiger partial charge in [0.1, 0.15) is 0 Å². The molecular weight excluding hydrogens is 218 g/mol. The van der Waals surface area contributed by atoms with E-state index in [4.69, 9.17) is 5.11 Å². The van der Waals surface area contributed by atoms with Crippen LogP contribution in [0.25, 0.3) is 0 Å². The summed E-state index contributed by atoms with van der Waals surface area (Å²) < 4.78 is 1.56. The number of hydrogen-bond acceptors (Lipinski definition) is 2. The molecule has 0 saturated carbocycles. The Labute approximate surface area is 101 Å². The lowest BCUT2D eigenvalue weighted by Gasteiger charge is -2.17. The van der Waals surface area contributed by atoms with Crippen LogP contribution in [0.2, 0.25) is 0 Å². The summed E-state index contributed by atoms with van der Waals surface area (Å²) in [5.41, 5.74) is 1.20. The van der Waals surface area contributed by atoms with Crippen LogP contribution in [0.1, 0.15) is 41.9 Å². The van der Waals surface area contributed by atoms with Gasteiger partial charge in [-0.15, -0.1) is 0 Å². The summed E-state index contributed by atoms with van der Waals surface area (Å²) in [5, 5.41) is 9.14. The van der Waals surface area contributed by atoms with E-state index >= 15 is 0 Å². The molecule has 0 radical (unpaired) electrons. The van der Waals surface area contributed by atoms with Crippen molar-refractivity contribution in [2.45, 2.75) is 40.7 Å². The molecule has 1 rings (SSSR count). The first kappa shape index (κ1) is 13.5. The van der Waals surface area contributed by atoms with Gasteiger partial charge in [0, 0.05) is 18.3 Å². The molecule has 0 spiro atoms. The Kier molecular flexibility index (Phi) is 4.10. The van der Waals surface area contributed by atoms with Gasteiger partial charge in [-0.1, -0.05) is 20.3 Å². The molecule has 1 atom stereocenters. The number of carboxylic acids is 1. The van der Waals surface area contributed by atoms with E-state index in [1.54, 1.807) is 18.4 Å². The van der Waals surface area contributed by atoms with Gasteiger partial charge in [-0.3, -0.25) is 4.79 Å². The minimum Gasteiger partial charge on any atom is -0.478 e. The van der Waals surface area contributed by atoms with Crippen molar-refractivity contribution in [1.29, 1.82) is 0 Å². The van der Waals surface area contributed by atoms with Crippen LogP contribution in [0.15, 0.2) is 10.9 Å². The first-order valence-electron chi connectivity index (χ1n) is 5.82. The third-order valence-electron chi connectivity index (χ3n) is 3.17. The SMILES string of the molecule is CCC(C)Cn1c(C)c(C(=O)O)c(C)cc1=O. The van der Waals surface area contributed by atoms with Crippen LogP contribution in [0.3, 0.4) is 0 Å². The summed E-state index contributed by atoms with van der Waals surface area (Å²) >= 11 is 0. The summed E-state index contributed by atoms with van der Waals surface area (Å²) in [6.07, 6.45) is 0.960. The maximum absolute atomic E-state index is 11.9. The van der Waals surface area contributed by atoms with Crippen LogP contribution in [0.5, 0.6) is 0 Å². The first-order chi connectivity index (χ1) is 7.88. The lowest BCUT2D eigenvalue weighted by atomic mass is 10.1. The van der Waals surface area contributed by atoms with Crippen molar-refractivity contribution < 1.29 is 9.90 Å². The third-order valence-corrected chi connectivity index (χ3v) is 3.17. The fourth-order valence-electron chi connectivity index (χ4n) is 1.91. The summed E-state index contributed by atoms with van der Waals surface area (Å²) in [6, 6.07) is 1.40. The molecule has 0 fully saturated rings. The van der Waals surface area contributed by atoms with Gasteiger partial charge in [0.2, 0.25) is 0 Å². The van der Waals surface area contributed by atoms with Gasteiger partial charge < -0.3 is 9.67 Å². The average molecular weight is 237 g/mol. The molecule has 0 aromatic carbocycles. The van der Waals surface area contributed by atoms with E-state index in [-0.39, 0.29) is 11.1 Å². The molecule has 94 valence electrons. The molecule has 0 aliphatic rings. The quantitative estimate of drug-likeness (QED) is 0.873. The third kappa shape index (κ3) is 2.75. The Balaban J connectivity index is 3.36. The van der Waals surface area contributed by atoms with Crippen LogP contribution in [0, 0.1) is 19.8 Å². The second-order valence-electron chi connectivity index (χ2n) is 4.56. The van der Waals surface area contributed by atoms with Crippen molar-refractivity contribution in [2.24, 2.45) is 5.92 Å². The molecule has 1 heterocycles. The molecule has 0 amide bonds. The van der Waals surface area contributed by atoms with E-state index in [1.807, 2.05) is 6.92 Å². The normalized spacial score (nSPS) is 12.5. The number of nitrogens with zero attached hydrogens (tertiary/aromatic N) is 1. The molecule has 0 aliphatic carbocycles. The van der Waals surface area contributed by atoms with Crippen LogP contribution < -0.4 is 5.56 Å². The predicted octanol–water partition coefficient (Wildman–Crippen LogP) is 2.21. The second-order valence-corrected chi connectivity index (χ2v) is 4.56. The van der Waals surface area contributed by atoms with E-state index in [0.717, 1.165) is 6.42 Å². The highest BCUT2D eigenvalue weighted by atomic mass is 16.4. The van der Waals surface area contributed by atoms with Crippen molar-refractivity contribution in [3.8, 4) is 0 Å².